The first-order valence-corrected chi connectivity index (χ1v) is 9.23. The average molecular weight is 369 g/mol. The molecule has 1 saturated heterocycles. The van der Waals surface area contributed by atoms with Crippen molar-refractivity contribution in [3.63, 3.8) is 0 Å². The van der Waals surface area contributed by atoms with Gasteiger partial charge in [-0.3, -0.25) is 4.90 Å². The van der Waals surface area contributed by atoms with E-state index in [9.17, 15) is 0 Å². The molecule has 1 unspecified atom stereocenters. The first kappa shape index (κ1) is 19.7. The first-order valence-electron chi connectivity index (χ1n) is 8.86. The molecule has 1 aromatic carbocycles. The van der Waals surface area contributed by atoms with Gasteiger partial charge >= 0.3 is 0 Å². The number of nitrogens with zero attached hydrogens (tertiary/aromatic N) is 2. The van der Waals surface area contributed by atoms with E-state index in [4.69, 9.17) is 26.8 Å². The smallest absolute Gasteiger partial charge is 0.188 e. The lowest BCUT2D eigenvalue weighted by Gasteiger charge is -2.23. The number of ether oxygens (including phenoxy) is 2. The molecule has 1 aliphatic rings. The molecule has 0 saturated carbocycles. The van der Waals surface area contributed by atoms with Crippen LogP contribution in [0.2, 0.25) is 5.02 Å². The van der Waals surface area contributed by atoms with Gasteiger partial charge in [0.1, 0.15) is 0 Å². The van der Waals surface area contributed by atoms with Crippen LogP contribution < -0.4 is 20.5 Å². The van der Waals surface area contributed by atoms with Crippen LogP contribution in [0.25, 0.3) is 0 Å². The molecule has 140 valence electrons. The Hall–Kier alpha value is -1.66. The number of guanidine groups is 1. The molecule has 25 heavy (non-hydrogen) atoms. The van der Waals surface area contributed by atoms with Crippen molar-refractivity contribution >= 4 is 17.6 Å². The van der Waals surface area contributed by atoms with Crippen LogP contribution in [0, 0.1) is 0 Å². The molecule has 1 aromatic rings. The van der Waals surface area contributed by atoms with Crippen molar-refractivity contribution in [2.45, 2.75) is 39.3 Å². The minimum absolute atomic E-state index is 0.434. The molecule has 0 radical (unpaired) electrons. The van der Waals surface area contributed by atoms with Crippen LogP contribution in [0.1, 0.15) is 32.3 Å². The Labute approximate surface area is 155 Å². The number of methoxy groups -OCH3 is 1. The fraction of sp³-hybridized carbons (Fsp3) is 0.611. The summed E-state index contributed by atoms with van der Waals surface area (Å²) in [4.78, 5) is 6.88. The van der Waals surface area contributed by atoms with Gasteiger partial charge in [0.2, 0.25) is 0 Å². The van der Waals surface area contributed by atoms with Gasteiger partial charge in [0.05, 0.1) is 25.3 Å². The quantitative estimate of drug-likeness (QED) is 0.545. The van der Waals surface area contributed by atoms with Gasteiger partial charge in [0.25, 0.3) is 0 Å². The van der Waals surface area contributed by atoms with Crippen molar-refractivity contribution in [3.05, 3.63) is 22.7 Å². The van der Waals surface area contributed by atoms with Crippen molar-refractivity contribution < 1.29 is 9.47 Å². The molecule has 0 spiro atoms. The van der Waals surface area contributed by atoms with Gasteiger partial charge in [-0.2, -0.15) is 0 Å². The second-order valence-electron chi connectivity index (χ2n) is 6.05. The maximum absolute atomic E-state index is 6.28. The third-order valence-electron chi connectivity index (χ3n) is 4.43. The molecule has 1 heterocycles. The van der Waals surface area contributed by atoms with Crippen molar-refractivity contribution in [1.29, 1.82) is 0 Å². The van der Waals surface area contributed by atoms with Crippen molar-refractivity contribution in [2.24, 2.45) is 10.7 Å². The molecular formula is C18H29ClN4O2. The highest BCUT2D eigenvalue weighted by atomic mass is 35.5. The third-order valence-corrected chi connectivity index (χ3v) is 4.71. The van der Waals surface area contributed by atoms with Gasteiger partial charge in [-0.05, 0) is 50.6 Å². The SMILES string of the molecule is CCOc1c(Cl)cc(CN=C(N)NCC2CCCN2CC)cc1OC. The topological polar surface area (TPSA) is 72.1 Å². The van der Waals surface area contributed by atoms with Gasteiger partial charge in [-0.1, -0.05) is 18.5 Å². The van der Waals surface area contributed by atoms with Crippen LogP contribution >= 0.6 is 11.6 Å². The molecule has 0 aromatic heterocycles. The van der Waals surface area contributed by atoms with E-state index in [1.54, 1.807) is 7.11 Å². The van der Waals surface area contributed by atoms with Crippen LogP contribution in [0.5, 0.6) is 11.5 Å². The maximum Gasteiger partial charge on any atom is 0.188 e. The second kappa shape index (κ2) is 9.73. The van der Waals surface area contributed by atoms with Crippen molar-refractivity contribution in [3.8, 4) is 11.5 Å². The Balaban J connectivity index is 1.94. The van der Waals surface area contributed by atoms with Crippen molar-refractivity contribution in [2.75, 3.05) is 33.4 Å². The van der Waals surface area contributed by atoms with E-state index in [0.29, 0.717) is 41.7 Å². The summed E-state index contributed by atoms with van der Waals surface area (Å²) in [5.74, 6) is 1.62. The summed E-state index contributed by atoms with van der Waals surface area (Å²) < 4.78 is 10.9. The number of halogens is 1. The summed E-state index contributed by atoms with van der Waals surface area (Å²) in [6.07, 6.45) is 2.46. The minimum atomic E-state index is 0.434. The first-order chi connectivity index (χ1) is 12.1. The van der Waals surface area contributed by atoms with Gasteiger partial charge in [0, 0.05) is 12.6 Å². The zero-order valence-electron chi connectivity index (χ0n) is 15.3. The highest BCUT2D eigenvalue weighted by Crippen LogP contribution is 2.36. The molecule has 1 atom stereocenters. The molecule has 1 fully saturated rings. The van der Waals surface area contributed by atoms with Crippen LogP contribution in [-0.4, -0.2) is 50.3 Å². The number of hydrogen-bond donors (Lipinski definition) is 2. The van der Waals surface area contributed by atoms with Gasteiger partial charge in [-0.15, -0.1) is 0 Å². The second-order valence-corrected chi connectivity index (χ2v) is 6.46. The van der Waals surface area contributed by atoms with E-state index in [1.165, 1.54) is 19.4 Å². The van der Waals surface area contributed by atoms with Crippen molar-refractivity contribution in [1.82, 2.24) is 10.2 Å². The molecule has 7 heteroatoms. The Morgan fingerprint density at radius 1 is 1.44 bits per heavy atom. The van der Waals surface area contributed by atoms with E-state index >= 15 is 0 Å². The van der Waals surface area contributed by atoms with E-state index < -0.39 is 0 Å². The molecule has 3 N–H and O–H groups in total. The highest BCUT2D eigenvalue weighted by Gasteiger charge is 2.22. The zero-order chi connectivity index (χ0) is 18.2. The van der Waals surface area contributed by atoms with Crippen LogP contribution in [-0.2, 0) is 6.54 Å². The van der Waals surface area contributed by atoms with Gasteiger partial charge < -0.3 is 20.5 Å². The van der Waals surface area contributed by atoms with E-state index in [1.807, 2.05) is 19.1 Å². The van der Waals surface area contributed by atoms with Crippen LogP contribution in [0.3, 0.4) is 0 Å². The van der Waals surface area contributed by atoms with Gasteiger partial charge in [-0.25, -0.2) is 4.99 Å². The lowest BCUT2D eigenvalue weighted by Crippen LogP contribution is -2.42. The number of rotatable bonds is 8. The fourth-order valence-electron chi connectivity index (χ4n) is 3.15. The summed E-state index contributed by atoms with van der Waals surface area (Å²) in [6.45, 7) is 8.14. The summed E-state index contributed by atoms with van der Waals surface area (Å²) in [5, 5.41) is 3.75. The molecule has 0 bridgehead atoms. The van der Waals surface area contributed by atoms with E-state index in [0.717, 1.165) is 18.7 Å². The standard InChI is InChI=1S/C18H29ClN4O2/c1-4-23-8-6-7-14(23)12-22-18(20)21-11-13-9-15(19)17(25-5-2)16(10-13)24-3/h9-10,14H,4-8,11-12H2,1-3H3,(H3,20,21,22). The number of likely N-dealkylation sites (N-methyl/N-ethyl adjacent to an activating group) is 1. The molecule has 0 aliphatic carbocycles. The van der Waals surface area contributed by atoms with E-state index in [2.05, 4.69) is 22.1 Å². The minimum Gasteiger partial charge on any atom is -0.493 e. The number of aliphatic imine (C=N–C) groups is 1. The summed E-state index contributed by atoms with van der Waals surface area (Å²) in [6, 6.07) is 4.25. The molecule has 0 amide bonds. The molecular weight excluding hydrogens is 340 g/mol. The Bertz CT molecular complexity index is 595. The predicted molar refractivity (Wildman–Crippen MR) is 103 cm³/mol. The fourth-order valence-corrected chi connectivity index (χ4v) is 3.43. The Morgan fingerprint density at radius 2 is 2.24 bits per heavy atom. The predicted octanol–water partition coefficient (Wildman–Crippen LogP) is 2.64. The largest absolute Gasteiger partial charge is 0.493 e. The van der Waals surface area contributed by atoms with Crippen LogP contribution in [0.15, 0.2) is 17.1 Å². The molecule has 1 aliphatic heterocycles. The average Bonchev–Trinajstić information content (AvgIpc) is 3.07. The highest BCUT2D eigenvalue weighted by molar-refractivity contribution is 6.32. The zero-order valence-corrected chi connectivity index (χ0v) is 16.1. The normalized spacial score (nSPS) is 18.4. The number of nitrogens with one attached hydrogen (secondary N) is 1. The molecule has 2 rings (SSSR count). The number of likely N-dealkylation sites (tertiary alicyclic amines) is 1. The Morgan fingerprint density at radius 3 is 2.92 bits per heavy atom. The summed E-state index contributed by atoms with van der Waals surface area (Å²) >= 11 is 6.28. The number of nitrogens with two attached hydrogens (primary N) is 1. The maximum atomic E-state index is 6.28. The number of hydrogen-bond acceptors (Lipinski definition) is 4. The monoisotopic (exact) mass is 368 g/mol. The van der Waals surface area contributed by atoms with E-state index in [-0.39, 0.29) is 0 Å². The third kappa shape index (κ3) is 5.41. The van der Waals surface area contributed by atoms with Gasteiger partial charge in [0.15, 0.2) is 17.5 Å². The summed E-state index contributed by atoms with van der Waals surface area (Å²) in [5.41, 5.74) is 6.93. The lowest BCUT2D eigenvalue weighted by atomic mass is 10.2. The molecule has 6 nitrogen and oxygen atoms in total. The number of benzene rings is 1. The summed E-state index contributed by atoms with van der Waals surface area (Å²) in [7, 11) is 1.60. The Kier molecular flexibility index (Phi) is 7.65. The van der Waals surface area contributed by atoms with Crippen LogP contribution in [0.4, 0.5) is 0 Å². The lowest BCUT2D eigenvalue weighted by molar-refractivity contribution is 0.267.